The molecule has 2 amide bonds. The van der Waals surface area contributed by atoms with Crippen LogP contribution in [0.2, 0.25) is 0 Å². The van der Waals surface area contributed by atoms with Gasteiger partial charge in [-0.3, -0.25) is 9.59 Å². The number of hydrogen-bond acceptors (Lipinski definition) is 3. The van der Waals surface area contributed by atoms with Crippen molar-refractivity contribution in [1.29, 1.82) is 0 Å². The number of amides is 2. The van der Waals surface area contributed by atoms with Gasteiger partial charge < -0.3 is 15.7 Å². The molecule has 0 radical (unpaired) electrons. The Labute approximate surface area is 102 Å². The van der Waals surface area contributed by atoms with Crippen LogP contribution in [-0.2, 0) is 9.59 Å². The van der Waals surface area contributed by atoms with Crippen molar-refractivity contribution >= 4 is 11.8 Å². The summed E-state index contributed by atoms with van der Waals surface area (Å²) < 4.78 is 0. The fraction of sp³-hybridized carbons (Fsp3) is 0.833. The molecule has 1 unspecified atom stereocenters. The third kappa shape index (κ3) is 4.34. The fourth-order valence-electron chi connectivity index (χ4n) is 1.98. The third-order valence-corrected chi connectivity index (χ3v) is 3.08. The van der Waals surface area contributed by atoms with Gasteiger partial charge in [-0.05, 0) is 24.7 Å². The highest BCUT2D eigenvalue weighted by Gasteiger charge is 2.29. The van der Waals surface area contributed by atoms with E-state index in [1.54, 1.807) is 0 Å². The van der Waals surface area contributed by atoms with Crippen molar-refractivity contribution < 1.29 is 14.7 Å². The number of nitrogens with one attached hydrogen (secondary N) is 2. The lowest BCUT2D eigenvalue weighted by molar-refractivity contribution is -0.129. The van der Waals surface area contributed by atoms with Crippen LogP contribution in [0.25, 0.3) is 0 Å². The summed E-state index contributed by atoms with van der Waals surface area (Å²) in [5, 5.41) is 14.6. The Hall–Kier alpha value is -1.10. The summed E-state index contributed by atoms with van der Waals surface area (Å²) in [6, 6.07) is -0.475. The van der Waals surface area contributed by atoms with Crippen LogP contribution in [0.3, 0.4) is 0 Å². The highest BCUT2D eigenvalue weighted by Crippen LogP contribution is 2.26. The highest BCUT2D eigenvalue weighted by atomic mass is 16.3. The van der Waals surface area contributed by atoms with E-state index in [4.69, 9.17) is 5.11 Å². The smallest absolute Gasteiger partial charge is 0.242 e. The van der Waals surface area contributed by atoms with Crippen LogP contribution in [0.4, 0.5) is 0 Å². The predicted molar refractivity (Wildman–Crippen MR) is 64.2 cm³/mol. The molecule has 0 bridgehead atoms. The van der Waals surface area contributed by atoms with Crippen molar-refractivity contribution in [1.82, 2.24) is 10.6 Å². The molecule has 0 heterocycles. The molecule has 1 fully saturated rings. The molecule has 1 aliphatic rings. The molecule has 98 valence electrons. The zero-order chi connectivity index (χ0) is 13.0. The molecule has 5 nitrogen and oxygen atoms in total. The molecular weight excluding hydrogens is 220 g/mol. The molecule has 0 spiro atoms. The number of carbonyl (C=O) groups excluding carboxylic acids is 2. The van der Waals surface area contributed by atoms with Gasteiger partial charge in [0.25, 0.3) is 0 Å². The van der Waals surface area contributed by atoms with Gasteiger partial charge in [0.2, 0.25) is 11.8 Å². The van der Waals surface area contributed by atoms with Gasteiger partial charge in [-0.2, -0.15) is 0 Å². The number of carbonyl (C=O) groups is 2. The summed E-state index contributed by atoms with van der Waals surface area (Å²) in [4.78, 5) is 22.8. The average Bonchev–Trinajstić information content (AvgIpc) is 2.18. The molecular formula is C12H22N2O3. The maximum Gasteiger partial charge on any atom is 0.242 e. The van der Waals surface area contributed by atoms with Crippen LogP contribution in [0.5, 0.6) is 0 Å². The van der Waals surface area contributed by atoms with Gasteiger partial charge in [0.05, 0.1) is 6.10 Å². The van der Waals surface area contributed by atoms with Crippen molar-refractivity contribution in [3.8, 4) is 0 Å². The zero-order valence-corrected chi connectivity index (χ0v) is 10.7. The molecule has 1 atom stereocenters. The Balaban J connectivity index is 2.34. The van der Waals surface area contributed by atoms with Crippen LogP contribution in [0.1, 0.15) is 33.6 Å². The maximum absolute atomic E-state index is 11.9. The van der Waals surface area contributed by atoms with E-state index in [9.17, 15) is 9.59 Å². The number of aliphatic hydroxyl groups excluding tert-OH is 1. The molecule has 0 aromatic carbocycles. The van der Waals surface area contributed by atoms with E-state index in [0.717, 1.165) is 12.8 Å². The van der Waals surface area contributed by atoms with Gasteiger partial charge in [-0.1, -0.05) is 13.8 Å². The molecule has 1 rings (SSSR count). The Morgan fingerprint density at radius 1 is 1.35 bits per heavy atom. The second-order valence-corrected chi connectivity index (χ2v) is 5.16. The first-order valence-corrected chi connectivity index (χ1v) is 6.13. The van der Waals surface area contributed by atoms with E-state index >= 15 is 0 Å². The number of aliphatic hydroxyl groups is 1. The minimum absolute atomic E-state index is 0.0610. The molecule has 0 aliphatic heterocycles. The summed E-state index contributed by atoms with van der Waals surface area (Å²) in [7, 11) is 0. The Kier molecular flexibility index (Phi) is 4.93. The molecule has 1 aliphatic carbocycles. The van der Waals surface area contributed by atoms with Crippen molar-refractivity contribution in [2.24, 2.45) is 11.8 Å². The van der Waals surface area contributed by atoms with Gasteiger partial charge >= 0.3 is 0 Å². The topological polar surface area (TPSA) is 78.4 Å². The molecule has 17 heavy (non-hydrogen) atoms. The second kappa shape index (κ2) is 6.00. The first-order chi connectivity index (χ1) is 7.90. The van der Waals surface area contributed by atoms with Gasteiger partial charge in [-0.25, -0.2) is 0 Å². The lowest BCUT2D eigenvalue weighted by atomic mass is 9.82. The summed E-state index contributed by atoms with van der Waals surface area (Å²) >= 11 is 0. The highest BCUT2D eigenvalue weighted by molar-refractivity contribution is 5.87. The van der Waals surface area contributed by atoms with E-state index in [1.807, 2.05) is 13.8 Å². The van der Waals surface area contributed by atoms with Crippen LogP contribution in [-0.4, -0.2) is 35.6 Å². The molecule has 1 saturated carbocycles. The van der Waals surface area contributed by atoms with Gasteiger partial charge in [0.1, 0.15) is 6.04 Å². The molecule has 0 aromatic rings. The Bertz CT molecular complexity index is 285. The normalized spacial score (nSPS) is 25.0. The quantitative estimate of drug-likeness (QED) is 0.636. The molecule has 3 N–H and O–H groups in total. The molecule has 5 heteroatoms. The number of rotatable bonds is 5. The van der Waals surface area contributed by atoms with Gasteiger partial charge in [0.15, 0.2) is 0 Å². The number of hydrogen-bond donors (Lipinski definition) is 3. The first-order valence-electron chi connectivity index (χ1n) is 6.13. The maximum atomic E-state index is 11.9. The zero-order valence-electron chi connectivity index (χ0n) is 10.7. The predicted octanol–water partition coefficient (Wildman–Crippen LogP) is 0.0342. The third-order valence-electron chi connectivity index (χ3n) is 3.08. The SMILES string of the molecule is CC(=O)NC(C(=O)NCC1CC(O)C1)C(C)C. The lowest BCUT2D eigenvalue weighted by Gasteiger charge is -2.32. The average molecular weight is 242 g/mol. The minimum atomic E-state index is -0.475. The first kappa shape index (κ1) is 14.0. The van der Waals surface area contributed by atoms with Crippen LogP contribution < -0.4 is 10.6 Å². The summed E-state index contributed by atoms with van der Waals surface area (Å²) in [6.07, 6.45) is 1.31. The summed E-state index contributed by atoms with van der Waals surface area (Å²) in [6.45, 7) is 5.78. The van der Waals surface area contributed by atoms with Crippen molar-refractivity contribution in [2.75, 3.05) is 6.54 Å². The second-order valence-electron chi connectivity index (χ2n) is 5.16. The standard InChI is InChI=1S/C12H22N2O3/c1-7(2)11(14-8(3)15)12(17)13-6-9-4-10(16)5-9/h7,9-11,16H,4-6H2,1-3H3,(H,13,17)(H,14,15). The van der Waals surface area contributed by atoms with E-state index in [0.29, 0.717) is 12.5 Å². The summed E-state index contributed by atoms with van der Waals surface area (Å²) in [5.74, 6) is 0.0967. The minimum Gasteiger partial charge on any atom is -0.393 e. The summed E-state index contributed by atoms with van der Waals surface area (Å²) in [5.41, 5.74) is 0. The van der Waals surface area contributed by atoms with Gasteiger partial charge in [0, 0.05) is 13.5 Å². The largest absolute Gasteiger partial charge is 0.393 e. The lowest BCUT2D eigenvalue weighted by Crippen LogP contribution is -2.50. The van der Waals surface area contributed by atoms with Gasteiger partial charge in [-0.15, -0.1) is 0 Å². The Morgan fingerprint density at radius 3 is 2.35 bits per heavy atom. The van der Waals surface area contributed by atoms with Crippen molar-refractivity contribution in [3.63, 3.8) is 0 Å². The molecule has 0 saturated heterocycles. The van der Waals surface area contributed by atoms with E-state index < -0.39 is 6.04 Å². The molecule has 0 aromatic heterocycles. The van der Waals surface area contributed by atoms with E-state index in [1.165, 1.54) is 6.92 Å². The van der Waals surface area contributed by atoms with Crippen LogP contribution in [0, 0.1) is 11.8 Å². The van der Waals surface area contributed by atoms with E-state index in [-0.39, 0.29) is 23.8 Å². The fourth-order valence-corrected chi connectivity index (χ4v) is 1.98. The van der Waals surface area contributed by atoms with Crippen molar-refractivity contribution in [2.45, 2.75) is 45.8 Å². The van der Waals surface area contributed by atoms with Crippen molar-refractivity contribution in [3.05, 3.63) is 0 Å². The Morgan fingerprint density at radius 2 is 1.94 bits per heavy atom. The monoisotopic (exact) mass is 242 g/mol. The van der Waals surface area contributed by atoms with Crippen LogP contribution >= 0.6 is 0 Å². The van der Waals surface area contributed by atoms with E-state index in [2.05, 4.69) is 10.6 Å². The van der Waals surface area contributed by atoms with Crippen LogP contribution in [0.15, 0.2) is 0 Å².